The number of rotatable bonds is 7. The summed E-state index contributed by atoms with van der Waals surface area (Å²) in [6.07, 6.45) is 3.44. The Balaban J connectivity index is 1.46. The maximum absolute atomic E-state index is 12.2. The van der Waals surface area contributed by atoms with Crippen LogP contribution >= 0.6 is 11.6 Å². The number of halogens is 1. The predicted molar refractivity (Wildman–Crippen MR) is 124 cm³/mol. The van der Waals surface area contributed by atoms with Gasteiger partial charge >= 0.3 is 5.97 Å². The molecule has 2 amide bonds. The van der Waals surface area contributed by atoms with Crippen molar-refractivity contribution in [3.05, 3.63) is 58.6 Å². The Kier molecular flexibility index (Phi) is 8.32. The summed E-state index contributed by atoms with van der Waals surface area (Å²) in [5.41, 5.74) is 2.33. The highest BCUT2D eigenvalue weighted by Gasteiger charge is 2.16. The van der Waals surface area contributed by atoms with E-state index in [4.69, 9.17) is 25.8 Å². The van der Waals surface area contributed by atoms with Crippen LogP contribution in [-0.4, -0.2) is 56.1 Å². The summed E-state index contributed by atoms with van der Waals surface area (Å²) >= 11 is 6.23. The fraction of sp³-hybridized carbons (Fsp3) is 0.292. The third-order valence-electron chi connectivity index (χ3n) is 4.72. The highest BCUT2D eigenvalue weighted by atomic mass is 35.5. The monoisotopic (exact) mass is 472 g/mol. The average molecular weight is 473 g/mol. The summed E-state index contributed by atoms with van der Waals surface area (Å²) in [5.74, 6) is -0.576. The fourth-order valence-electron chi connectivity index (χ4n) is 2.94. The minimum Gasteiger partial charge on any atom is -0.489 e. The summed E-state index contributed by atoms with van der Waals surface area (Å²) in [7, 11) is 1.46. The molecule has 0 aliphatic carbocycles. The first-order valence-electron chi connectivity index (χ1n) is 10.4. The third-order valence-corrected chi connectivity index (χ3v) is 5.00. The van der Waals surface area contributed by atoms with Crippen LogP contribution in [0.3, 0.4) is 0 Å². The summed E-state index contributed by atoms with van der Waals surface area (Å²) in [6.45, 7) is 2.32. The van der Waals surface area contributed by atoms with E-state index in [2.05, 4.69) is 5.32 Å². The molecule has 1 heterocycles. The second kappa shape index (κ2) is 11.4. The number of carbonyl (C=O) groups is 3. The van der Waals surface area contributed by atoms with Crippen molar-refractivity contribution in [3.8, 4) is 11.5 Å². The van der Waals surface area contributed by atoms with Gasteiger partial charge in [-0.3, -0.25) is 9.59 Å². The second-order valence-electron chi connectivity index (χ2n) is 7.49. The van der Waals surface area contributed by atoms with E-state index in [0.29, 0.717) is 41.0 Å². The highest BCUT2D eigenvalue weighted by Crippen LogP contribution is 2.38. The van der Waals surface area contributed by atoms with Gasteiger partial charge in [0.1, 0.15) is 0 Å². The van der Waals surface area contributed by atoms with Crippen LogP contribution in [0.5, 0.6) is 11.5 Å². The van der Waals surface area contributed by atoms with Gasteiger partial charge in [-0.1, -0.05) is 29.3 Å². The van der Waals surface area contributed by atoms with Gasteiger partial charge in [-0.25, -0.2) is 4.79 Å². The molecule has 0 bridgehead atoms. The first kappa shape index (κ1) is 24.1. The molecule has 3 rings (SSSR count). The quantitative estimate of drug-likeness (QED) is 0.490. The molecule has 0 aromatic heterocycles. The molecule has 0 saturated heterocycles. The van der Waals surface area contributed by atoms with Crippen LogP contribution in [0.25, 0.3) is 6.08 Å². The second-order valence-corrected chi connectivity index (χ2v) is 7.89. The Morgan fingerprint density at radius 3 is 2.64 bits per heavy atom. The van der Waals surface area contributed by atoms with Crippen molar-refractivity contribution in [1.82, 2.24) is 4.90 Å². The van der Waals surface area contributed by atoms with Crippen LogP contribution < -0.4 is 14.8 Å². The Hall–Kier alpha value is -3.52. The van der Waals surface area contributed by atoms with Gasteiger partial charge in [0.25, 0.3) is 5.91 Å². The van der Waals surface area contributed by atoms with Gasteiger partial charge in [0.05, 0.1) is 24.8 Å². The number of amides is 2. The molecule has 1 aliphatic rings. The lowest BCUT2D eigenvalue weighted by atomic mass is 10.2. The van der Waals surface area contributed by atoms with Crippen LogP contribution in [0, 0.1) is 6.92 Å². The Bertz CT molecular complexity index is 1050. The molecule has 1 aliphatic heterocycles. The van der Waals surface area contributed by atoms with Crippen molar-refractivity contribution in [2.45, 2.75) is 13.3 Å². The number of fused-ring (bicyclic) bond motifs is 1. The molecule has 0 unspecified atom stereocenters. The van der Waals surface area contributed by atoms with Gasteiger partial charge in [0, 0.05) is 25.2 Å². The highest BCUT2D eigenvalue weighted by molar-refractivity contribution is 6.32. The molecule has 0 radical (unpaired) electrons. The zero-order valence-electron chi connectivity index (χ0n) is 18.4. The number of anilines is 1. The van der Waals surface area contributed by atoms with E-state index in [1.54, 1.807) is 24.3 Å². The Labute approximate surface area is 197 Å². The maximum Gasteiger partial charge on any atom is 0.331 e. The normalized spacial score (nSPS) is 12.7. The Morgan fingerprint density at radius 2 is 1.88 bits per heavy atom. The summed E-state index contributed by atoms with van der Waals surface area (Å²) < 4.78 is 16.2. The summed E-state index contributed by atoms with van der Waals surface area (Å²) in [6, 6.07) is 10.7. The van der Waals surface area contributed by atoms with Gasteiger partial charge in [-0.05, 0) is 42.8 Å². The van der Waals surface area contributed by atoms with Crippen molar-refractivity contribution >= 4 is 41.1 Å². The Morgan fingerprint density at radius 1 is 1.15 bits per heavy atom. The number of aryl methyl sites for hydroxylation is 1. The SMILES string of the molecule is Cc1ccc(NC(=O)CN(C)C(=O)COC(=O)/C=C/c2cc(Cl)c3c(c2)OCCCO3)cc1. The summed E-state index contributed by atoms with van der Waals surface area (Å²) in [5, 5.41) is 3.08. The van der Waals surface area contributed by atoms with E-state index < -0.39 is 18.5 Å². The molecule has 0 spiro atoms. The molecule has 0 atom stereocenters. The van der Waals surface area contributed by atoms with Crippen molar-refractivity contribution in [3.63, 3.8) is 0 Å². The van der Waals surface area contributed by atoms with E-state index in [9.17, 15) is 14.4 Å². The molecular formula is C24H25ClN2O6. The number of nitrogens with one attached hydrogen (secondary N) is 1. The smallest absolute Gasteiger partial charge is 0.331 e. The van der Waals surface area contributed by atoms with Crippen LogP contribution in [0.4, 0.5) is 5.69 Å². The van der Waals surface area contributed by atoms with Gasteiger partial charge in [0.15, 0.2) is 18.1 Å². The van der Waals surface area contributed by atoms with Crippen LogP contribution in [0.15, 0.2) is 42.5 Å². The number of benzene rings is 2. The number of esters is 1. The first-order valence-corrected chi connectivity index (χ1v) is 10.7. The van der Waals surface area contributed by atoms with Gasteiger partial charge < -0.3 is 24.4 Å². The molecule has 33 heavy (non-hydrogen) atoms. The van der Waals surface area contributed by atoms with Gasteiger partial charge in [-0.15, -0.1) is 0 Å². The lowest BCUT2D eigenvalue weighted by molar-refractivity contribution is -0.148. The molecule has 8 nitrogen and oxygen atoms in total. The maximum atomic E-state index is 12.2. The van der Waals surface area contributed by atoms with E-state index in [-0.39, 0.29) is 12.5 Å². The lowest BCUT2D eigenvalue weighted by Gasteiger charge is -2.16. The van der Waals surface area contributed by atoms with Crippen LogP contribution in [0.1, 0.15) is 17.5 Å². The van der Waals surface area contributed by atoms with Crippen molar-refractivity contribution in [1.29, 1.82) is 0 Å². The molecule has 0 fully saturated rings. The number of hydrogen-bond acceptors (Lipinski definition) is 6. The fourth-order valence-corrected chi connectivity index (χ4v) is 3.22. The van der Waals surface area contributed by atoms with E-state index in [0.717, 1.165) is 12.0 Å². The molecule has 2 aromatic carbocycles. The molecular weight excluding hydrogens is 448 g/mol. The number of likely N-dealkylation sites (N-methyl/N-ethyl adjacent to an activating group) is 1. The van der Waals surface area contributed by atoms with Gasteiger partial charge in [0.2, 0.25) is 5.91 Å². The number of hydrogen-bond donors (Lipinski definition) is 1. The van der Waals surface area contributed by atoms with Crippen molar-refractivity contribution < 1.29 is 28.6 Å². The van der Waals surface area contributed by atoms with E-state index in [1.165, 1.54) is 24.1 Å². The van der Waals surface area contributed by atoms with Crippen LogP contribution in [0.2, 0.25) is 5.02 Å². The third kappa shape index (κ3) is 7.25. The van der Waals surface area contributed by atoms with E-state index in [1.807, 2.05) is 19.1 Å². The number of ether oxygens (including phenoxy) is 3. The topological polar surface area (TPSA) is 94.2 Å². The first-order chi connectivity index (χ1) is 15.8. The van der Waals surface area contributed by atoms with Crippen molar-refractivity contribution in [2.75, 3.05) is 38.7 Å². The summed E-state index contributed by atoms with van der Waals surface area (Å²) in [4.78, 5) is 37.5. The lowest BCUT2D eigenvalue weighted by Crippen LogP contribution is -2.37. The van der Waals surface area contributed by atoms with Crippen molar-refractivity contribution in [2.24, 2.45) is 0 Å². The standard InChI is InChI=1S/C24H25ClN2O6/c1-16-4-7-18(8-5-16)26-21(28)14-27(2)22(29)15-33-23(30)9-6-17-12-19(25)24-20(13-17)31-10-3-11-32-24/h4-9,12-13H,3,10-11,14-15H2,1-2H3,(H,26,28)/b9-6+. The zero-order chi connectivity index (χ0) is 23.8. The largest absolute Gasteiger partial charge is 0.489 e. The molecule has 9 heteroatoms. The number of carbonyl (C=O) groups excluding carboxylic acids is 3. The number of nitrogens with zero attached hydrogens (tertiary/aromatic N) is 1. The molecule has 1 N–H and O–H groups in total. The molecule has 0 saturated carbocycles. The zero-order valence-corrected chi connectivity index (χ0v) is 19.2. The molecule has 2 aromatic rings. The minimum atomic E-state index is -0.705. The van der Waals surface area contributed by atoms with E-state index >= 15 is 0 Å². The predicted octanol–water partition coefficient (Wildman–Crippen LogP) is 3.46. The van der Waals surface area contributed by atoms with Gasteiger partial charge in [-0.2, -0.15) is 0 Å². The van der Waals surface area contributed by atoms with Crippen LogP contribution in [-0.2, 0) is 19.1 Å². The minimum absolute atomic E-state index is 0.171. The average Bonchev–Trinajstić information content (AvgIpc) is 3.03. The molecule has 174 valence electrons.